The summed E-state index contributed by atoms with van der Waals surface area (Å²) < 4.78 is 18.8. The van der Waals surface area contributed by atoms with Crippen LogP contribution in [0.15, 0.2) is 30.7 Å². The van der Waals surface area contributed by atoms with Crippen molar-refractivity contribution in [1.82, 2.24) is 30.0 Å². The number of nitrogen functional groups attached to an aromatic ring is 1. The molecule has 4 N–H and O–H groups in total. The quantitative estimate of drug-likeness (QED) is 0.282. The lowest BCUT2D eigenvalue weighted by Gasteiger charge is -2.33. The van der Waals surface area contributed by atoms with Gasteiger partial charge in [-0.1, -0.05) is 0 Å². The monoisotopic (exact) mass is 554 g/mol. The largest absolute Gasteiger partial charge is 0.489 e. The molecule has 1 aliphatic rings. The number of aromatic nitrogens is 5. The maximum Gasteiger partial charge on any atom is 0.319 e. The molecular weight excluding hydrogens is 516 g/mol. The summed E-state index contributed by atoms with van der Waals surface area (Å²) >= 11 is 0. The van der Waals surface area contributed by atoms with Crippen molar-refractivity contribution in [3.63, 3.8) is 0 Å². The van der Waals surface area contributed by atoms with E-state index in [0.29, 0.717) is 49.6 Å². The fraction of sp³-hybridized carbons (Fsp3) is 0.519. The lowest BCUT2D eigenvalue weighted by Crippen LogP contribution is -2.36. The van der Waals surface area contributed by atoms with Gasteiger partial charge in [-0.2, -0.15) is 15.1 Å². The third-order valence-electron chi connectivity index (χ3n) is 6.56. The number of carbonyl (C=O) groups is 1. The predicted molar refractivity (Wildman–Crippen MR) is 149 cm³/mol. The maximum atomic E-state index is 12.5. The second-order valence-electron chi connectivity index (χ2n) is 9.70. The smallest absolute Gasteiger partial charge is 0.319 e. The molecule has 0 radical (unpaired) electrons. The number of aliphatic hydroxyl groups is 1. The van der Waals surface area contributed by atoms with Crippen molar-refractivity contribution in [2.45, 2.75) is 39.3 Å². The molecule has 13 nitrogen and oxygen atoms in total. The molecule has 0 unspecified atom stereocenters. The van der Waals surface area contributed by atoms with Crippen molar-refractivity contribution in [3.8, 4) is 22.9 Å². The van der Waals surface area contributed by atoms with Gasteiger partial charge in [0.05, 0.1) is 32.6 Å². The van der Waals surface area contributed by atoms with Crippen LogP contribution in [0.25, 0.3) is 11.1 Å². The Morgan fingerprint density at radius 1 is 1.23 bits per heavy atom. The van der Waals surface area contributed by atoms with E-state index in [1.54, 1.807) is 30.3 Å². The van der Waals surface area contributed by atoms with Crippen LogP contribution < -0.4 is 25.4 Å². The summed E-state index contributed by atoms with van der Waals surface area (Å²) in [7, 11) is 1.60. The second-order valence-corrected chi connectivity index (χ2v) is 9.70. The molecule has 216 valence electrons. The molecule has 4 heterocycles. The highest BCUT2D eigenvalue weighted by Crippen LogP contribution is 2.29. The van der Waals surface area contributed by atoms with E-state index in [-0.39, 0.29) is 30.3 Å². The third kappa shape index (κ3) is 7.57. The zero-order valence-corrected chi connectivity index (χ0v) is 23.2. The maximum absolute atomic E-state index is 12.5. The predicted octanol–water partition coefficient (Wildman–Crippen LogP) is 1.77. The average molecular weight is 555 g/mol. The number of amides is 1. The Bertz CT molecular complexity index is 1260. The highest BCUT2D eigenvalue weighted by atomic mass is 16.5. The highest BCUT2D eigenvalue weighted by molar-refractivity contribution is 5.93. The van der Waals surface area contributed by atoms with Gasteiger partial charge in [-0.3, -0.25) is 9.48 Å². The number of rotatable bonds is 13. The molecule has 1 saturated heterocycles. The van der Waals surface area contributed by atoms with Crippen LogP contribution in [0.3, 0.4) is 0 Å². The molecule has 0 bridgehead atoms. The molecule has 40 heavy (non-hydrogen) atoms. The first-order valence-electron chi connectivity index (χ1n) is 13.5. The number of pyridine rings is 1. The van der Waals surface area contributed by atoms with Gasteiger partial charge in [0.1, 0.15) is 17.6 Å². The molecule has 1 amide bonds. The number of nitrogens with two attached hydrogens (primary N) is 1. The van der Waals surface area contributed by atoms with Gasteiger partial charge in [-0.05, 0) is 38.7 Å². The van der Waals surface area contributed by atoms with Crippen LogP contribution >= 0.6 is 0 Å². The lowest BCUT2D eigenvalue weighted by molar-refractivity contribution is 0.0843. The van der Waals surface area contributed by atoms with Crippen molar-refractivity contribution in [3.05, 3.63) is 36.4 Å². The Morgan fingerprint density at radius 3 is 2.75 bits per heavy atom. The van der Waals surface area contributed by atoms with Crippen molar-refractivity contribution in [2.75, 3.05) is 57.2 Å². The summed E-state index contributed by atoms with van der Waals surface area (Å²) in [6.07, 6.45) is 6.74. The number of nitrogens with one attached hydrogen (secondary N) is 1. The number of anilines is 2. The Morgan fingerprint density at radius 2 is 2.02 bits per heavy atom. The van der Waals surface area contributed by atoms with Crippen molar-refractivity contribution in [1.29, 1.82) is 0 Å². The van der Waals surface area contributed by atoms with Gasteiger partial charge in [0, 0.05) is 56.3 Å². The lowest BCUT2D eigenvalue weighted by atomic mass is 9.98. The first kappa shape index (κ1) is 29.0. The highest BCUT2D eigenvalue weighted by Gasteiger charge is 2.24. The van der Waals surface area contributed by atoms with Crippen LogP contribution in [0.4, 0.5) is 11.6 Å². The number of aliphatic hydroxyl groups excluding tert-OH is 1. The van der Waals surface area contributed by atoms with Crippen molar-refractivity contribution < 1.29 is 24.1 Å². The molecule has 3 aromatic heterocycles. The topological polar surface area (TPSA) is 163 Å². The third-order valence-corrected chi connectivity index (χ3v) is 6.56. The molecule has 0 saturated carbocycles. The number of methoxy groups -OCH3 is 1. The minimum Gasteiger partial charge on any atom is -0.489 e. The number of nitrogens with zero attached hydrogens (tertiary/aromatic N) is 6. The van der Waals surface area contributed by atoms with E-state index in [1.807, 2.05) is 26.1 Å². The SMILES string of the molecule is CCNC(=O)c1cc(N2CCC(COc3cc(-c4cnn(CCO)c4)cnc3N)CC2)nc(O[C@H](C)COC)n1. The molecule has 1 fully saturated rings. The second kappa shape index (κ2) is 13.9. The van der Waals surface area contributed by atoms with E-state index in [2.05, 4.69) is 30.3 Å². The minimum atomic E-state index is -0.271. The Kier molecular flexibility index (Phi) is 10.1. The Hall–Kier alpha value is -3.97. The first-order chi connectivity index (χ1) is 19.4. The van der Waals surface area contributed by atoms with E-state index in [1.165, 1.54) is 0 Å². The van der Waals surface area contributed by atoms with Crippen LogP contribution in [0, 0.1) is 5.92 Å². The number of hydrogen-bond acceptors (Lipinski definition) is 11. The van der Waals surface area contributed by atoms with Crippen LogP contribution in [-0.2, 0) is 11.3 Å². The fourth-order valence-corrected chi connectivity index (χ4v) is 4.45. The van der Waals surface area contributed by atoms with Gasteiger partial charge >= 0.3 is 6.01 Å². The summed E-state index contributed by atoms with van der Waals surface area (Å²) in [5, 5.41) is 16.2. The molecule has 1 aliphatic heterocycles. The number of carbonyl (C=O) groups excluding carboxylic acids is 1. The first-order valence-corrected chi connectivity index (χ1v) is 13.5. The van der Waals surface area contributed by atoms with Gasteiger partial charge in [0.15, 0.2) is 11.6 Å². The van der Waals surface area contributed by atoms with E-state index in [0.717, 1.165) is 37.1 Å². The van der Waals surface area contributed by atoms with E-state index in [4.69, 9.17) is 25.1 Å². The molecule has 3 aromatic rings. The minimum absolute atomic E-state index is 0.0173. The Balaban J connectivity index is 1.38. The molecule has 1 atom stereocenters. The van der Waals surface area contributed by atoms with Gasteiger partial charge < -0.3 is 35.3 Å². The van der Waals surface area contributed by atoms with Gasteiger partial charge in [0.2, 0.25) is 0 Å². The number of hydrogen-bond donors (Lipinski definition) is 3. The summed E-state index contributed by atoms with van der Waals surface area (Å²) in [5.74, 6) is 1.56. The number of piperidine rings is 1. The summed E-state index contributed by atoms with van der Waals surface area (Å²) in [4.78, 5) is 27.9. The van der Waals surface area contributed by atoms with Crippen molar-refractivity contribution in [2.24, 2.45) is 5.92 Å². The van der Waals surface area contributed by atoms with Crippen LogP contribution in [0.5, 0.6) is 11.8 Å². The summed E-state index contributed by atoms with van der Waals surface area (Å²) in [5.41, 5.74) is 8.07. The molecule has 0 aromatic carbocycles. The van der Waals surface area contributed by atoms with Crippen LogP contribution in [0.1, 0.15) is 37.2 Å². The average Bonchev–Trinajstić information content (AvgIpc) is 3.42. The van der Waals surface area contributed by atoms with E-state index < -0.39 is 0 Å². The zero-order chi connectivity index (χ0) is 28.5. The van der Waals surface area contributed by atoms with Crippen LogP contribution in [0.2, 0.25) is 0 Å². The van der Waals surface area contributed by atoms with E-state index >= 15 is 0 Å². The van der Waals surface area contributed by atoms with Gasteiger partial charge in [-0.15, -0.1) is 0 Å². The summed E-state index contributed by atoms with van der Waals surface area (Å²) in [6.45, 7) is 7.02. The van der Waals surface area contributed by atoms with Crippen molar-refractivity contribution >= 4 is 17.5 Å². The molecule has 4 rings (SSSR count). The number of ether oxygens (including phenoxy) is 3. The molecule has 0 aliphatic carbocycles. The molecule has 0 spiro atoms. The fourth-order valence-electron chi connectivity index (χ4n) is 4.45. The zero-order valence-electron chi connectivity index (χ0n) is 23.2. The Labute approximate surface area is 233 Å². The molecular formula is C27H38N8O5. The van der Waals surface area contributed by atoms with Gasteiger partial charge in [-0.25, -0.2) is 4.98 Å². The molecule has 13 heteroatoms. The standard InChI is InChI=1S/C27H38N8O5/c1-4-29-26(37)22-12-24(33-27(32-22)40-18(2)16-38-3)34-7-5-19(6-8-34)17-39-23-11-20(13-30-25(23)28)21-14-31-35(15-21)9-10-36/h11-15,18-19,36H,4-10,16-17H2,1-3H3,(H2,28,30)(H,29,37)/t18-/m1/s1. The van der Waals surface area contributed by atoms with Gasteiger partial charge in [0.25, 0.3) is 5.91 Å². The van der Waals surface area contributed by atoms with Crippen LogP contribution in [-0.4, -0.2) is 88.4 Å². The summed E-state index contributed by atoms with van der Waals surface area (Å²) in [6, 6.07) is 3.72. The van der Waals surface area contributed by atoms with E-state index in [9.17, 15) is 4.79 Å². The normalized spacial score (nSPS) is 14.7.